The van der Waals surface area contributed by atoms with Gasteiger partial charge in [-0.25, -0.2) is 9.59 Å². The summed E-state index contributed by atoms with van der Waals surface area (Å²) < 4.78 is 0. The molecule has 0 amide bonds. The number of rotatable bonds is 4. The summed E-state index contributed by atoms with van der Waals surface area (Å²) in [7, 11) is 0. The molecule has 0 saturated heterocycles. The number of carbonyl (C=O) groups is 2. The number of aliphatic carboxylic acids is 2. The van der Waals surface area contributed by atoms with Gasteiger partial charge in [0, 0.05) is 0 Å². The van der Waals surface area contributed by atoms with Gasteiger partial charge in [-0.1, -0.05) is 0 Å². The average Bonchev–Trinajstić information content (AvgIpc) is 2.46. The van der Waals surface area contributed by atoms with Crippen LogP contribution in [-0.2, 0) is 9.59 Å². The predicted molar refractivity (Wildman–Crippen MR) is 80.5 cm³/mol. The minimum Gasteiger partial charge on any atom is -1.00 e. The first-order valence-corrected chi connectivity index (χ1v) is 7.97. The van der Waals surface area contributed by atoms with E-state index in [1.54, 1.807) is 0 Å². The van der Waals surface area contributed by atoms with Crippen molar-refractivity contribution in [1.82, 2.24) is 0 Å². The number of carboxylic acids is 2. The van der Waals surface area contributed by atoms with Crippen molar-refractivity contribution in [2.45, 2.75) is 63.6 Å². The van der Waals surface area contributed by atoms with Crippen molar-refractivity contribution in [2.24, 2.45) is 11.8 Å². The first-order valence-electron chi connectivity index (χ1n) is 7.97. The first kappa shape index (κ1) is 24.6. The van der Waals surface area contributed by atoms with Crippen LogP contribution in [0.25, 0.3) is 0 Å². The fraction of sp³-hybridized carbons (Fsp3) is 0.750. The van der Waals surface area contributed by atoms with Gasteiger partial charge in [0.15, 0.2) is 0 Å². The van der Waals surface area contributed by atoms with E-state index in [4.69, 9.17) is 0 Å². The Labute approximate surface area is 189 Å². The van der Waals surface area contributed by atoms with Crippen LogP contribution in [0.4, 0.5) is 0 Å². The van der Waals surface area contributed by atoms with E-state index < -0.39 is 24.1 Å². The van der Waals surface area contributed by atoms with Crippen LogP contribution in [0.3, 0.4) is 0 Å². The second kappa shape index (κ2) is 11.3. The zero-order valence-corrected chi connectivity index (χ0v) is 18.6. The van der Waals surface area contributed by atoms with Crippen molar-refractivity contribution < 1.29 is 92.0 Å². The number of carboxylic acid groups (broad SMARTS) is 2. The third-order valence-corrected chi connectivity index (χ3v) is 4.96. The maximum atomic E-state index is 11.7. The smallest absolute Gasteiger partial charge is 1.00 e. The fourth-order valence-electron chi connectivity index (χ4n) is 3.75. The van der Waals surface area contributed by atoms with Crippen LogP contribution in [0.2, 0.25) is 0 Å². The van der Waals surface area contributed by atoms with E-state index >= 15 is 0 Å². The van der Waals surface area contributed by atoms with Crippen LogP contribution in [0.1, 0.15) is 54.2 Å². The molecule has 2 aliphatic rings. The molecule has 2 fully saturated rings. The Hall–Kier alpha value is 0.600. The van der Waals surface area contributed by atoms with Crippen molar-refractivity contribution in [1.29, 1.82) is 0 Å². The van der Waals surface area contributed by atoms with Crippen molar-refractivity contribution in [3.8, 4) is 0 Å². The van der Waals surface area contributed by atoms with Gasteiger partial charge in [-0.3, -0.25) is 0 Å². The SMILES string of the molecule is O=C(O)/C(=C(\C(=O)O)C1CCC(O)CC1)C1CCC(O)CC1.[H-].[H-].[Na+].[Na+]. The second-order valence-electron chi connectivity index (χ2n) is 6.45. The van der Waals surface area contributed by atoms with E-state index in [0.29, 0.717) is 51.4 Å². The number of aliphatic hydroxyl groups excluding tert-OH is 2. The zero-order chi connectivity index (χ0) is 16.3. The fourth-order valence-corrected chi connectivity index (χ4v) is 3.75. The van der Waals surface area contributed by atoms with Gasteiger partial charge in [0.2, 0.25) is 0 Å². The normalized spacial score (nSPS) is 31.1. The summed E-state index contributed by atoms with van der Waals surface area (Å²) in [5, 5.41) is 38.3. The van der Waals surface area contributed by atoms with E-state index in [1.807, 2.05) is 0 Å². The monoisotopic (exact) mass is 360 g/mol. The second-order valence-corrected chi connectivity index (χ2v) is 6.45. The summed E-state index contributed by atoms with van der Waals surface area (Å²) in [6.07, 6.45) is 3.26. The number of aliphatic hydroxyl groups is 2. The molecule has 8 heteroatoms. The van der Waals surface area contributed by atoms with E-state index in [-0.39, 0.29) is 84.9 Å². The Kier molecular flexibility index (Phi) is 11.6. The van der Waals surface area contributed by atoms with Crippen molar-refractivity contribution in [2.75, 3.05) is 0 Å². The van der Waals surface area contributed by atoms with Gasteiger partial charge in [-0.05, 0) is 63.2 Å². The molecular formula is C16H26Na2O6. The van der Waals surface area contributed by atoms with E-state index in [2.05, 4.69) is 0 Å². The van der Waals surface area contributed by atoms with Crippen molar-refractivity contribution in [3.63, 3.8) is 0 Å². The minimum atomic E-state index is -1.16. The van der Waals surface area contributed by atoms with Crippen LogP contribution in [0, 0.1) is 11.8 Å². The average molecular weight is 360 g/mol. The molecule has 0 heterocycles. The van der Waals surface area contributed by atoms with Crippen LogP contribution in [0.5, 0.6) is 0 Å². The van der Waals surface area contributed by atoms with Gasteiger partial charge in [0.25, 0.3) is 0 Å². The largest absolute Gasteiger partial charge is 1.00 e. The Balaban J connectivity index is -0.00000132. The minimum absolute atomic E-state index is 0. The van der Waals surface area contributed by atoms with Crippen LogP contribution in [-0.4, -0.2) is 44.6 Å². The summed E-state index contributed by atoms with van der Waals surface area (Å²) in [6.45, 7) is 0. The molecule has 0 unspecified atom stereocenters. The molecule has 2 saturated carbocycles. The topological polar surface area (TPSA) is 115 Å². The van der Waals surface area contributed by atoms with Crippen molar-refractivity contribution in [3.05, 3.63) is 11.1 Å². The summed E-state index contributed by atoms with van der Waals surface area (Å²) in [4.78, 5) is 23.4. The predicted octanol–water partition coefficient (Wildman–Crippen LogP) is -4.21. The summed E-state index contributed by atoms with van der Waals surface area (Å²) in [5.41, 5.74) is 0.0292. The van der Waals surface area contributed by atoms with Gasteiger partial charge in [-0.2, -0.15) is 0 Å². The molecule has 0 aromatic heterocycles. The molecule has 128 valence electrons. The van der Waals surface area contributed by atoms with Gasteiger partial charge in [0.05, 0.1) is 23.4 Å². The first-order chi connectivity index (χ1) is 10.4. The quantitative estimate of drug-likeness (QED) is 0.299. The third-order valence-electron chi connectivity index (χ3n) is 4.96. The molecule has 24 heavy (non-hydrogen) atoms. The third kappa shape index (κ3) is 6.40. The summed E-state index contributed by atoms with van der Waals surface area (Å²) in [6, 6.07) is 0. The van der Waals surface area contributed by atoms with Gasteiger partial charge in [-0.15, -0.1) is 0 Å². The molecule has 0 aliphatic heterocycles. The van der Waals surface area contributed by atoms with E-state index in [9.17, 15) is 30.0 Å². The number of hydrogen-bond donors (Lipinski definition) is 4. The van der Waals surface area contributed by atoms with E-state index in [0.717, 1.165) is 0 Å². The number of hydrogen-bond acceptors (Lipinski definition) is 4. The van der Waals surface area contributed by atoms with E-state index in [1.165, 1.54) is 0 Å². The van der Waals surface area contributed by atoms with Crippen molar-refractivity contribution >= 4 is 11.9 Å². The van der Waals surface area contributed by atoms with Crippen LogP contribution < -0.4 is 59.1 Å². The van der Waals surface area contributed by atoms with Crippen LogP contribution >= 0.6 is 0 Å². The standard InChI is InChI=1S/C16H24O6.2Na.2H/c17-11-5-1-9(2-6-11)13(15(19)20)14(16(21)22)10-3-7-12(18)8-4-10;;;;/h9-12,17-18H,1-8H2,(H,19,20)(H,21,22);;;;/q;2*+1;2*-1/b14-13-;;;;. The Morgan fingerprint density at radius 2 is 0.875 bits per heavy atom. The molecule has 0 aromatic carbocycles. The molecule has 4 N–H and O–H groups in total. The maximum Gasteiger partial charge on any atom is 1.00 e. The maximum absolute atomic E-state index is 11.7. The van der Waals surface area contributed by atoms with Gasteiger partial charge in [0.1, 0.15) is 0 Å². The Morgan fingerprint density at radius 1 is 0.625 bits per heavy atom. The molecule has 2 rings (SSSR count). The Morgan fingerprint density at radius 3 is 1.08 bits per heavy atom. The summed E-state index contributed by atoms with van der Waals surface area (Å²) in [5.74, 6) is -2.94. The molecule has 2 aliphatic carbocycles. The van der Waals surface area contributed by atoms with Gasteiger partial charge >= 0.3 is 71.1 Å². The molecule has 0 radical (unpaired) electrons. The Bertz CT molecular complexity index is 431. The van der Waals surface area contributed by atoms with Crippen LogP contribution in [0.15, 0.2) is 11.1 Å². The molecular weight excluding hydrogens is 334 g/mol. The molecule has 0 atom stereocenters. The van der Waals surface area contributed by atoms with Gasteiger partial charge < -0.3 is 23.3 Å². The molecule has 0 aromatic rings. The summed E-state index contributed by atoms with van der Waals surface area (Å²) >= 11 is 0. The zero-order valence-electron chi connectivity index (χ0n) is 16.6. The molecule has 6 nitrogen and oxygen atoms in total. The molecule has 0 spiro atoms. The molecule has 0 bridgehead atoms.